The molecule has 0 N–H and O–H groups in total. The molecule has 2 aromatic carbocycles. The van der Waals surface area contributed by atoms with Crippen LogP contribution in [0.4, 0.5) is 23.7 Å². The van der Waals surface area contributed by atoms with Crippen LogP contribution in [-0.4, -0.2) is 47.9 Å². The number of Topliss-reactive ketones (excluding diaryl/α,β-unsaturated/α-hetero) is 1. The van der Waals surface area contributed by atoms with E-state index in [2.05, 4.69) is 9.88 Å². The van der Waals surface area contributed by atoms with Crippen LogP contribution < -0.4 is 14.4 Å². The van der Waals surface area contributed by atoms with Crippen LogP contribution in [0.1, 0.15) is 22.8 Å². The molecular formula is C25H22F3N3O4. The van der Waals surface area contributed by atoms with E-state index in [1.807, 2.05) is 12.1 Å². The van der Waals surface area contributed by atoms with Gasteiger partial charge in [0.1, 0.15) is 11.5 Å². The van der Waals surface area contributed by atoms with Gasteiger partial charge < -0.3 is 19.3 Å². The van der Waals surface area contributed by atoms with Gasteiger partial charge in [-0.25, -0.2) is 9.78 Å². The number of benzene rings is 2. The number of aromatic nitrogens is 1. The van der Waals surface area contributed by atoms with Gasteiger partial charge in [0.25, 0.3) is 0 Å². The van der Waals surface area contributed by atoms with E-state index in [1.54, 1.807) is 17.0 Å². The topological polar surface area (TPSA) is 72.0 Å². The number of pyridine rings is 1. The van der Waals surface area contributed by atoms with E-state index in [0.29, 0.717) is 49.4 Å². The number of piperazine rings is 1. The third-order valence-electron chi connectivity index (χ3n) is 5.49. The number of ketones is 1. The zero-order chi connectivity index (χ0) is 25.0. The summed E-state index contributed by atoms with van der Waals surface area (Å²) in [6.45, 7) is 3.74. The van der Waals surface area contributed by atoms with E-state index >= 15 is 0 Å². The van der Waals surface area contributed by atoms with Gasteiger partial charge in [-0.3, -0.25) is 4.79 Å². The summed E-state index contributed by atoms with van der Waals surface area (Å²) >= 11 is 0. The number of amides is 1. The van der Waals surface area contributed by atoms with E-state index in [9.17, 15) is 22.8 Å². The Hall–Kier alpha value is -4.08. The number of carbonyl (C=O) groups is 2. The number of carbonyl (C=O) groups excluding carboxylic acids is 2. The van der Waals surface area contributed by atoms with Crippen LogP contribution in [0.5, 0.6) is 17.4 Å². The molecule has 1 aliphatic heterocycles. The van der Waals surface area contributed by atoms with Gasteiger partial charge in [-0.1, -0.05) is 0 Å². The first-order chi connectivity index (χ1) is 16.7. The van der Waals surface area contributed by atoms with Gasteiger partial charge in [0.05, 0.1) is 5.56 Å². The zero-order valence-corrected chi connectivity index (χ0v) is 18.8. The van der Waals surface area contributed by atoms with Gasteiger partial charge in [0.2, 0.25) is 5.88 Å². The van der Waals surface area contributed by atoms with Crippen LogP contribution in [-0.2, 0) is 6.18 Å². The van der Waals surface area contributed by atoms with Crippen LogP contribution in [0.15, 0.2) is 66.9 Å². The highest BCUT2D eigenvalue weighted by molar-refractivity contribution is 5.94. The third kappa shape index (κ3) is 6.08. The van der Waals surface area contributed by atoms with Crippen LogP contribution in [0.2, 0.25) is 0 Å². The molecule has 182 valence electrons. The summed E-state index contributed by atoms with van der Waals surface area (Å²) in [5.74, 6) is 0.669. The first kappa shape index (κ1) is 24.1. The van der Waals surface area contributed by atoms with Gasteiger partial charge in [-0.2, -0.15) is 13.2 Å². The van der Waals surface area contributed by atoms with Crippen molar-refractivity contribution in [2.24, 2.45) is 0 Å². The van der Waals surface area contributed by atoms with Gasteiger partial charge in [0.15, 0.2) is 5.78 Å². The van der Waals surface area contributed by atoms with E-state index < -0.39 is 17.8 Å². The predicted molar refractivity (Wildman–Crippen MR) is 122 cm³/mol. The monoisotopic (exact) mass is 485 g/mol. The van der Waals surface area contributed by atoms with Crippen molar-refractivity contribution in [1.29, 1.82) is 0 Å². The molecule has 0 radical (unpaired) electrons. The van der Waals surface area contributed by atoms with E-state index in [1.165, 1.54) is 31.2 Å². The molecule has 0 aliphatic carbocycles. The highest BCUT2D eigenvalue weighted by atomic mass is 19.4. The number of halogens is 3. The molecule has 1 fully saturated rings. The lowest BCUT2D eigenvalue weighted by atomic mass is 10.1. The molecule has 4 rings (SSSR count). The molecule has 35 heavy (non-hydrogen) atoms. The number of hydrogen-bond donors (Lipinski definition) is 0. The normalized spacial score (nSPS) is 13.9. The SMILES string of the molecule is CC(=O)c1ccc(N2CCN(C(=O)Oc3ccc(Oc4ccc(C(F)(F)F)cn4)cc3)CC2)cc1. The second kappa shape index (κ2) is 10.0. The molecule has 0 spiro atoms. The quantitative estimate of drug-likeness (QED) is 0.450. The summed E-state index contributed by atoms with van der Waals surface area (Å²) in [4.78, 5) is 31.4. The molecule has 1 aliphatic rings. The first-order valence-corrected chi connectivity index (χ1v) is 10.8. The average molecular weight is 485 g/mol. The molecule has 1 amide bonds. The Morgan fingerprint density at radius 3 is 2.03 bits per heavy atom. The lowest BCUT2D eigenvalue weighted by molar-refractivity contribution is -0.137. The standard InChI is InChI=1S/C25H22F3N3O4/c1-17(32)18-2-5-20(6-3-18)30-12-14-31(15-13-30)24(33)35-22-9-7-21(8-10-22)34-23-11-4-19(16-29-23)25(26,27)28/h2-11,16H,12-15H2,1H3. The Bertz CT molecular complexity index is 1170. The van der Waals surface area contributed by atoms with Crippen molar-refractivity contribution in [3.63, 3.8) is 0 Å². The fourth-order valence-electron chi connectivity index (χ4n) is 3.52. The Morgan fingerprint density at radius 1 is 0.857 bits per heavy atom. The molecule has 7 nitrogen and oxygen atoms in total. The van der Waals surface area contributed by atoms with Crippen LogP contribution in [0.25, 0.3) is 0 Å². The largest absolute Gasteiger partial charge is 0.439 e. The molecule has 3 aromatic rings. The van der Waals surface area contributed by atoms with Crippen molar-refractivity contribution in [1.82, 2.24) is 9.88 Å². The first-order valence-electron chi connectivity index (χ1n) is 10.8. The van der Waals surface area contributed by atoms with Crippen LogP contribution in [0, 0.1) is 0 Å². The van der Waals surface area contributed by atoms with Crippen molar-refractivity contribution < 1.29 is 32.2 Å². The molecular weight excluding hydrogens is 463 g/mol. The molecule has 10 heteroatoms. The van der Waals surface area contributed by atoms with Crippen LogP contribution in [0.3, 0.4) is 0 Å². The Balaban J connectivity index is 1.27. The van der Waals surface area contributed by atoms with Gasteiger partial charge in [-0.15, -0.1) is 0 Å². The highest BCUT2D eigenvalue weighted by Gasteiger charge is 2.30. The average Bonchev–Trinajstić information content (AvgIpc) is 2.85. The summed E-state index contributed by atoms with van der Waals surface area (Å²) in [5, 5.41) is 0. The Labute approximate surface area is 199 Å². The molecule has 0 atom stereocenters. The summed E-state index contributed by atoms with van der Waals surface area (Å²) in [6, 6.07) is 15.5. The Kier molecular flexibility index (Phi) is 6.90. The number of rotatable bonds is 5. The summed E-state index contributed by atoms with van der Waals surface area (Å²) in [6.07, 6.45) is -4.24. The lowest BCUT2D eigenvalue weighted by Crippen LogP contribution is -2.49. The zero-order valence-electron chi connectivity index (χ0n) is 18.8. The minimum Gasteiger partial charge on any atom is -0.439 e. The van der Waals surface area contributed by atoms with Crippen molar-refractivity contribution in [2.75, 3.05) is 31.1 Å². The van der Waals surface area contributed by atoms with Crippen molar-refractivity contribution in [3.8, 4) is 17.4 Å². The maximum Gasteiger partial charge on any atom is 0.417 e. The highest BCUT2D eigenvalue weighted by Crippen LogP contribution is 2.30. The molecule has 0 saturated carbocycles. The van der Waals surface area contributed by atoms with Crippen molar-refractivity contribution in [2.45, 2.75) is 13.1 Å². The van der Waals surface area contributed by atoms with Crippen LogP contribution >= 0.6 is 0 Å². The fraction of sp³-hybridized carbons (Fsp3) is 0.240. The maximum absolute atomic E-state index is 12.6. The lowest BCUT2D eigenvalue weighted by Gasteiger charge is -2.35. The molecule has 1 aromatic heterocycles. The smallest absolute Gasteiger partial charge is 0.417 e. The predicted octanol–water partition coefficient (Wildman–Crippen LogP) is 5.42. The molecule has 1 saturated heterocycles. The number of nitrogens with zero attached hydrogens (tertiary/aromatic N) is 3. The summed E-state index contributed by atoms with van der Waals surface area (Å²) in [7, 11) is 0. The number of alkyl halides is 3. The van der Waals surface area contributed by atoms with E-state index in [-0.39, 0.29) is 11.7 Å². The molecule has 2 heterocycles. The second-order valence-corrected chi connectivity index (χ2v) is 7.90. The van der Waals surface area contributed by atoms with Crippen molar-refractivity contribution >= 4 is 17.6 Å². The minimum atomic E-state index is -4.47. The summed E-state index contributed by atoms with van der Waals surface area (Å²) in [5.41, 5.74) is 0.781. The van der Waals surface area contributed by atoms with E-state index in [0.717, 1.165) is 17.8 Å². The number of hydrogen-bond acceptors (Lipinski definition) is 6. The molecule has 0 unspecified atom stereocenters. The van der Waals surface area contributed by atoms with E-state index in [4.69, 9.17) is 9.47 Å². The maximum atomic E-state index is 12.6. The minimum absolute atomic E-state index is 0.0107. The number of anilines is 1. The fourth-order valence-corrected chi connectivity index (χ4v) is 3.52. The number of ether oxygens (including phenoxy) is 2. The van der Waals surface area contributed by atoms with Crippen molar-refractivity contribution in [3.05, 3.63) is 78.0 Å². The third-order valence-corrected chi connectivity index (χ3v) is 5.49. The van der Waals surface area contributed by atoms with Gasteiger partial charge in [-0.05, 0) is 61.5 Å². The Morgan fingerprint density at radius 2 is 1.49 bits per heavy atom. The summed E-state index contributed by atoms with van der Waals surface area (Å²) < 4.78 is 48.8. The van der Waals surface area contributed by atoms with Gasteiger partial charge >= 0.3 is 12.3 Å². The molecule has 0 bridgehead atoms. The van der Waals surface area contributed by atoms with Gasteiger partial charge in [0, 0.05) is 49.7 Å². The second-order valence-electron chi connectivity index (χ2n) is 7.90.